The molecule has 8 nitrogen and oxygen atoms in total. The Bertz CT molecular complexity index is 1360. The number of hydrogen-bond acceptors (Lipinski definition) is 6. The van der Waals surface area contributed by atoms with Crippen LogP contribution in [0.1, 0.15) is 36.9 Å². The molecule has 1 N–H and O–H groups in total. The van der Waals surface area contributed by atoms with Crippen molar-refractivity contribution < 1.29 is 17.6 Å². The van der Waals surface area contributed by atoms with Crippen molar-refractivity contribution in [2.45, 2.75) is 31.9 Å². The summed E-state index contributed by atoms with van der Waals surface area (Å²) in [6.45, 7) is 1.67. The summed E-state index contributed by atoms with van der Waals surface area (Å²) in [5.74, 6) is -1.31. The van der Waals surface area contributed by atoms with E-state index in [1.165, 1.54) is 16.8 Å². The molecule has 172 valence electrons. The summed E-state index contributed by atoms with van der Waals surface area (Å²) < 4.78 is 48.2. The van der Waals surface area contributed by atoms with Crippen molar-refractivity contribution in [3.63, 3.8) is 0 Å². The van der Waals surface area contributed by atoms with Gasteiger partial charge in [-0.25, -0.2) is 9.18 Å². The molecule has 3 aromatic heterocycles. The van der Waals surface area contributed by atoms with Crippen LogP contribution in [0.2, 0.25) is 0 Å². The van der Waals surface area contributed by atoms with Gasteiger partial charge in [-0.05, 0) is 53.5 Å². The van der Waals surface area contributed by atoms with Gasteiger partial charge in [-0.3, -0.25) is 14.1 Å². The number of nitrogens with one attached hydrogen (secondary N) is 1. The molecule has 0 spiro atoms. The zero-order valence-corrected chi connectivity index (χ0v) is 18.7. The second-order valence-corrected chi connectivity index (χ2v) is 8.63. The van der Waals surface area contributed by atoms with Crippen molar-refractivity contribution in [3.05, 3.63) is 62.8 Å². The van der Waals surface area contributed by atoms with E-state index in [2.05, 4.69) is 36.4 Å². The molecule has 0 bridgehead atoms. The van der Waals surface area contributed by atoms with Crippen LogP contribution in [0.15, 0.2) is 44.1 Å². The third-order valence-electron chi connectivity index (χ3n) is 5.66. The number of fused-ring (bicyclic) bond motifs is 1. The number of imidazole rings is 1. The number of alkyl halides is 2. The minimum absolute atomic E-state index is 0.0377. The Labute approximate surface area is 193 Å². The maximum absolute atomic E-state index is 14.4. The maximum atomic E-state index is 14.4. The lowest BCUT2D eigenvalue weighted by Crippen LogP contribution is -2.37. The number of hydrogen-bond donors (Lipinski definition) is 1. The van der Waals surface area contributed by atoms with Gasteiger partial charge in [-0.2, -0.15) is 8.78 Å². The van der Waals surface area contributed by atoms with Gasteiger partial charge in [0, 0.05) is 18.8 Å². The van der Waals surface area contributed by atoms with E-state index < -0.39 is 18.1 Å². The van der Waals surface area contributed by atoms with Gasteiger partial charge in [0.05, 0.1) is 39.4 Å². The highest BCUT2D eigenvalue weighted by Gasteiger charge is 2.24. The molecular formula is C21H18BrF3N6O2. The van der Waals surface area contributed by atoms with Gasteiger partial charge in [0.1, 0.15) is 5.82 Å². The van der Waals surface area contributed by atoms with Crippen LogP contribution in [0.4, 0.5) is 13.2 Å². The number of piperidine rings is 1. The van der Waals surface area contributed by atoms with Crippen molar-refractivity contribution in [2.75, 3.05) is 13.1 Å². The number of pyridine rings is 1. The number of benzene rings is 1. The van der Waals surface area contributed by atoms with Crippen molar-refractivity contribution in [3.8, 4) is 11.5 Å². The second-order valence-electron chi connectivity index (χ2n) is 7.78. The zero-order valence-electron chi connectivity index (χ0n) is 17.1. The van der Waals surface area contributed by atoms with E-state index in [0.29, 0.717) is 28.8 Å². The smallest absolute Gasteiger partial charge is 0.329 e. The SMILES string of the molecule is O=c1n(Cc2ccc(-c3nnc(C(F)F)o3)cn2)c2cc(F)c(Br)cc2n1C1CCCNC1. The van der Waals surface area contributed by atoms with E-state index >= 15 is 0 Å². The van der Waals surface area contributed by atoms with Crippen molar-refractivity contribution in [2.24, 2.45) is 0 Å². The first-order chi connectivity index (χ1) is 15.9. The van der Waals surface area contributed by atoms with Gasteiger partial charge in [-0.15, -0.1) is 10.2 Å². The van der Waals surface area contributed by atoms with Gasteiger partial charge < -0.3 is 9.73 Å². The molecule has 0 amide bonds. The van der Waals surface area contributed by atoms with E-state index in [9.17, 15) is 18.0 Å². The molecule has 5 rings (SSSR count). The predicted molar refractivity (Wildman–Crippen MR) is 117 cm³/mol. The molecule has 1 fully saturated rings. The Morgan fingerprint density at radius 2 is 2.09 bits per heavy atom. The van der Waals surface area contributed by atoms with E-state index in [1.54, 1.807) is 22.8 Å². The van der Waals surface area contributed by atoms with Crippen molar-refractivity contribution in [1.82, 2.24) is 29.6 Å². The number of aromatic nitrogens is 5. The summed E-state index contributed by atoms with van der Waals surface area (Å²) in [5.41, 5.74) is 1.76. The molecule has 1 aromatic carbocycles. The lowest BCUT2D eigenvalue weighted by molar-refractivity contribution is 0.116. The number of nitrogens with zero attached hydrogens (tertiary/aromatic N) is 5. The highest BCUT2D eigenvalue weighted by atomic mass is 79.9. The van der Waals surface area contributed by atoms with E-state index in [-0.39, 0.29) is 28.6 Å². The molecule has 4 heterocycles. The van der Waals surface area contributed by atoms with Gasteiger partial charge in [0.25, 0.3) is 5.89 Å². The lowest BCUT2D eigenvalue weighted by atomic mass is 10.1. The zero-order chi connectivity index (χ0) is 23.1. The van der Waals surface area contributed by atoms with Gasteiger partial charge in [0.2, 0.25) is 5.89 Å². The fourth-order valence-corrected chi connectivity index (χ4v) is 4.41. The summed E-state index contributed by atoms with van der Waals surface area (Å²) in [4.78, 5) is 17.7. The normalized spacial score (nSPS) is 16.7. The third-order valence-corrected chi connectivity index (χ3v) is 6.27. The summed E-state index contributed by atoms with van der Waals surface area (Å²) >= 11 is 3.22. The Hall–Kier alpha value is -2.99. The minimum atomic E-state index is -2.86. The minimum Gasteiger partial charge on any atom is -0.415 e. The second kappa shape index (κ2) is 8.75. The maximum Gasteiger partial charge on any atom is 0.329 e. The van der Waals surface area contributed by atoms with Crippen LogP contribution in [0.5, 0.6) is 0 Å². The molecule has 0 radical (unpaired) electrons. The van der Waals surface area contributed by atoms with E-state index in [4.69, 9.17) is 4.42 Å². The number of rotatable bonds is 5. The summed E-state index contributed by atoms with van der Waals surface area (Å²) in [7, 11) is 0. The Kier molecular flexibility index (Phi) is 5.79. The monoisotopic (exact) mass is 522 g/mol. The topological polar surface area (TPSA) is 90.8 Å². The quantitative estimate of drug-likeness (QED) is 0.425. The molecule has 33 heavy (non-hydrogen) atoms. The fourth-order valence-electron chi connectivity index (χ4n) is 4.08. The molecule has 0 aliphatic carbocycles. The van der Waals surface area contributed by atoms with Crippen LogP contribution < -0.4 is 11.0 Å². The molecule has 12 heteroatoms. The van der Waals surface area contributed by atoms with Crippen LogP contribution in [-0.2, 0) is 6.54 Å². The highest BCUT2D eigenvalue weighted by molar-refractivity contribution is 9.10. The molecule has 1 aliphatic rings. The molecule has 1 aliphatic heterocycles. The molecule has 1 unspecified atom stereocenters. The molecule has 1 atom stereocenters. The Morgan fingerprint density at radius 3 is 2.76 bits per heavy atom. The van der Waals surface area contributed by atoms with Crippen LogP contribution in [0.3, 0.4) is 0 Å². The number of halogens is 4. The van der Waals surface area contributed by atoms with Crippen LogP contribution >= 0.6 is 15.9 Å². The summed E-state index contributed by atoms with van der Waals surface area (Å²) in [6, 6.07) is 6.16. The van der Waals surface area contributed by atoms with Gasteiger partial charge in [-0.1, -0.05) is 0 Å². The predicted octanol–water partition coefficient (Wildman–Crippen LogP) is 4.06. The largest absolute Gasteiger partial charge is 0.415 e. The first kappa shape index (κ1) is 21.8. The van der Waals surface area contributed by atoms with E-state index in [0.717, 1.165) is 19.4 Å². The van der Waals surface area contributed by atoms with Crippen LogP contribution in [-0.4, -0.2) is 37.4 Å². The molecular weight excluding hydrogens is 505 g/mol. The average Bonchev–Trinajstić information content (AvgIpc) is 3.40. The lowest BCUT2D eigenvalue weighted by Gasteiger charge is -2.24. The Balaban J connectivity index is 1.51. The molecule has 1 saturated heterocycles. The highest BCUT2D eigenvalue weighted by Crippen LogP contribution is 2.28. The molecule has 0 saturated carbocycles. The van der Waals surface area contributed by atoms with Gasteiger partial charge in [0.15, 0.2) is 0 Å². The van der Waals surface area contributed by atoms with Crippen molar-refractivity contribution in [1.29, 1.82) is 0 Å². The summed E-state index contributed by atoms with van der Waals surface area (Å²) in [5, 5.41) is 10.2. The first-order valence-corrected chi connectivity index (χ1v) is 11.1. The van der Waals surface area contributed by atoms with Crippen molar-refractivity contribution >= 4 is 27.0 Å². The standard InChI is InChI=1S/C21H18BrF3N6O2/c22-14-6-17-16(7-15(14)23)30(21(32)31(17)13-2-1-5-26-9-13)10-12-4-3-11(8-27-12)19-28-29-20(33-19)18(24)25/h3-4,6-8,13,18,26H,1-2,5,9-10H2. The molecule has 4 aromatic rings. The first-order valence-electron chi connectivity index (χ1n) is 10.3. The van der Waals surface area contributed by atoms with Gasteiger partial charge >= 0.3 is 12.1 Å². The average molecular weight is 523 g/mol. The van der Waals surface area contributed by atoms with E-state index in [1.807, 2.05) is 0 Å². The fraction of sp³-hybridized carbons (Fsp3) is 0.333. The third kappa shape index (κ3) is 4.08. The summed E-state index contributed by atoms with van der Waals surface area (Å²) in [6.07, 6.45) is 0.337. The van der Waals surface area contributed by atoms with Crippen LogP contribution in [0.25, 0.3) is 22.5 Å². The van der Waals surface area contributed by atoms with Crippen LogP contribution in [0, 0.1) is 5.82 Å². The Morgan fingerprint density at radius 1 is 1.24 bits per heavy atom.